The van der Waals surface area contributed by atoms with Crippen LogP contribution in [0.25, 0.3) is 0 Å². The Morgan fingerprint density at radius 1 is 0.417 bits per heavy atom. The number of ether oxygens (including phenoxy) is 1. The summed E-state index contributed by atoms with van der Waals surface area (Å²) in [5, 5.41) is 11.5. The molecule has 0 amide bonds. The van der Waals surface area contributed by atoms with Crippen LogP contribution in [0.2, 0.25) is 0 Å². The SMILES string of the molecule is CC(C)CCCCCCCOc1c(CCCCCCCC(C)C)cc(O)c(CCCCCCCC(C)C)c1CCCCCCCC(C)C. The standard InChI is InChI=1S/C46H86O2/c1-38(2)29-21-13-9-17-25-33-42-37-45(47)43(34-26-18-10-14-22-30-39(3)4)44(35-27-19-11-15-23-31-40(5)6)46(42)48-36-28-20-12-16-24-32-41(7)8/h37-41,47H,9-36H2,1-8H3. The van der Waals surface area contributed by atoms with E-state index in [1.807, 2.05) is 0 Å². The third-order valence-corrected chi connectivity index (χ3v) is 10.4. The molecule has 0 radical (unpaired) electrons. The van der Waals surface area contributed by atoms with Gasteiger partial charge in [-0.3, -0.25) is 0 Å². The predicted molar refractivity (Wildman–Crippen MR) is 215 cm³/mol. The van der Waals surface area contributed by atoms with Gasteiger partial charge in [0, 0.05) is 11.1 Å². The van der Waals surface area contributed by atoms with Crippen molar-refractivity contribution >= 4 is 0 Å². The van der Waals surface area contributed by atoms with Crippen LogP contribution in [-0.4, -0.2) is 11.7 Å². The number of aromatic hydroxyl groups is 1. The minimum Gasteiger partial charge on any atom is -0.508 e. The van der Waals surface area contributed by atoms with E-state index in [0.717, 1.165) is 56.0 Å². The highest BCUT2D eigenvalue weighted by Gasteiger charge is 2.19. The van der Waals surface area contributed by atoms with Gasteiger partial charge < -0.3 is 9.84 Å². The maximum Gasteiger partial charge on any atom is 0.126 e. The van der Waals surface area contributed by atoms with E-state index >= 15 is 0 Å². The van der Waals surface area contributed by atoms with E-state index in [1.54, 1.807) is 0 Å². The van der Waals surface area contributed by atoms with Crippen molar-refractivity contribution in [1.29, 1.82) is 0 Å². The van der Waals surface area contributed by atoms with Gasteiger partial charge in [-0.15, -0.1) is 0 Å². The molecule has 0 heterocycles. The smallest absolute Gasteiger partial charge is 0.126 e. The molecule has 0 aromatic heterocycles. The van der Waals surface area contributed by atoms with Crippen LogP contribution in [0.15, 0.2) is 6.07 Å². The topological polar surface area (TPSA) is 29.5 Å². The molecule has 0 aliphatic rings. The van der Waals surface area contributed by atoms with Gasteiger partial charge in [0.15, 0.2) is 0 Å². The Balaban J connectivity index is 2.99. The molecule has 1 aromatic carbocycles. The van der Waals surface area contributed by atoms with Crippen molar-refractivity contribution < 1.29 is 9.84 Å². The Hall–Kier alpha value is -1.18. The van der Waals surface area contributed by atoms with Gasteiger partial charge in [-0.25, -0.2) is 0 Å². The second-order valence-electron chi connectivity index (χ2n) is 17.2. The monoisotopic (exact) mass is 671 g/mol. The van der Waals surface area contributed by atoms with Gasteiger partial charge in [0.2, 0.25) is 0 Å². The number of hydrogen-bond donors (Lipinski definition) is 1. The number of aryl methyl sites for hydroxylation is 1. The summed E-state index contributed by atoms with van der Waals surface area (Å²) in [7, 11) is 0. The number of phenolic OH excluding ortho intramolecular Hbond substituents is 1. The predicted octanol–water partition coefficient (Wildman–Crippen LogP) is 15.4. The summed E-state index contributed by atoms with van der Waals surface area (Å²) in [6, 6.07) is 2.12. The van der Waals surface area contributed by atoms with Gasteiger partial charge >= 0.3 is 0 Å². The molecular formula is C46H86O2. The fraction of sp³-hybridized carbons (Fsp3) is 0.870. The van der Waals surface area contributed by atoms with Gasteiger partial charge in [0.25, 0.3) is 0 Å². The Morgan fingerprint density at radius 3 is 1.17 bits per heavy atom. The van der Waals surface area contributed by atoms with Crippen LogP contribution in [-0.2, 0) is 19.3 Å². The lowest BCUT2D eigenvalue weighted by molar-refractivity contribution is 0.296. The summed E-state index contributed by atoms with van der Waals surface area (Å²) in [6.07, 6.45) is 34.4. The lowest BCUT2D eigenvalue weighted by Crippen LogP contribution is -2.08. The second kappa shape index (κ2) is 29.5. The summed E-state index contributed by atoms with van der Waals surface area (Å²) in [4.78, 5) is 0. The zero-order valence-electron chi connectivity index (χ0n) is 34.0. The molecule has 1 N–H and O–H groups in total. The van der Waals surface area contributed by atoms with Crippen LogP contribution in [0.3, 0.4) is 0 Å². The van der Waals surface area contributed by atoms with Crippen molar-refractivity contribution in [2.24, 2.45) is 23.7 Å². The fourth-order valence-electron chi connectivity index (χ4n) is 7.24. The minimum absolute atomic E-state index is 0.547. The van der Waals surface area contributed by atoms with E-state index in [4.69, 9.17) is 4.74 Å². The molecule has 0 spiro atoms. The van der Waals surface area contributed by atoms with Crippen molar-refractivity contribution in [2.45, 2.75) is 229 Å². The van der Waals surface area contributed by atoms with Crippen LogP contribution < -0.4 is 4.74 Å². The Labute approximate surface area is 302 Å². The Morgan fingerprint density at radius 2 is 0.750 bits per heavy atom. The largest absolute Gasteiger partial charge is 0.508 e. The molecule has 282 valence electrons. The molecule has 0 fully saturated rings. The first kappa shape index (κ1) is 44.8. The van der Waals surface area contributed by atoms with Crippen LogP contribution >= 0.6 is 0 Å². The van der Waals surface area contributed by atoms with Crippen LogP contribution in [0, 0.1) is 23.7 Å². The zero-order chi connectivity index (χ0) is 35.4. The van der Waals surface area contributed by atoms with Crippen molar-refractivity contribution in [1.82, 2.24) is 0 Å². The molecule has 0 bridgehead atoms. The van der Waals surface area contributed by atoms with Crippen LogP contribution in [0.4, 0.5) is 0 Å². The minimum atomic E-state index is 0.547. The molecule has 1 rings (SSSR count). The normalized spacial score (nSPS) is 12.0. The third kappa shape index (κ3) is 24.1. The number of hydrogen-bond acceptors (Lipinski definition) is 2. The number of rotatable bonds is 33. The molecule has 0 unspecified atom stereocenters. The molecule has 0 aliphatic heterocycles. The summed E-state index contributed by atoms with van der Waals surface area (Å²) < 4.78 is 6.82. The van der Waals surface area contributed by atoms with E-state index in [2.05, 4.69) is 61.5 Å². The Kier molecular flexibility index (Phi) is 27.6. The van der Waals surface area contributed by atoms with Gasteiger partial charge in [-0.1, -0.05) is 184 Å². The molecule has 1 aromatic rings. The summed E-state index contributed by atoms with van der Waals surface area (Å²) in [6.45, 7) is 19.5. The van der Waals surface area contributed by atoms with E-state index in [-0.39, 0.29) is 0 Å². The van der Waals surface area contributed by atoms with E-state index < -0.39 is 0 Å². The maximum absolute atomic E-state index is 11.5. The summed E-state index contributed by atoms with van der Waals surface area (Å²) in [5.41, 5.74) is 3.84. The number of benzene rings is 1. The number of phenols is 1. The van der Waals surface area contributed by atoms with Crippen molar-refractivity contribution in [3.63, 3.8) is 0 Å². The quantitative estimate of drug-likeness (QED) is 0.0754. The average molecular weight is 671 g/mol. The van der Waals surface area contributed by atoms with Crippen molar-refractivity contribution in [2.75, 3.05) is 6.61 Å². The molecule has 0 atom stereocenters. The molecule has 48 heavy (non-hydrogen) atoms. The highest BCUT2D eigenvalue weighted by Crippen LogP contribution is 2.38. The van der Waals surface area contributed by atoms with Crippen molar-refractivity contribution in [3.05, 3.63) is 22.8 Å². The van der Waals surface area contributed by atoms with Gasteiger partial charge in [-0.05, 0) is 80.2 Å². The first-order valence-electron chi connectivity index (χ1n) is 21.6. The molecule has 0 saturated heterocycles. The molecule has 0 saturated carbocycles. The lowest BCUT2D eigenvalue weighted by Gasteiger charge is -2.21. The zero-order valence-corrected chi connectivity index (χ0v) is 34.0. The van der Waals surface area contributed by atoms with Crippen LogP contribution in [0.5, 0.6) is 11.5 Å². The third-order valence-electron chi connectivity index (χ3n) is 10.4. The molecular weight excluding hydrogens is 585 g/mol. The van der Waals surface area contributed by atoms with E-state index in [9.17, 15) is 5.11 Å². The van der Waals surface area contributed by atoms with Gasteiger partial charge in [0.05, 0.1) is 6.61 Å². The maximum atomic E-state index is 11.5. The first-order valence-corrected chi connectivity index (χ1v) is 21.6. The molecule has 2 heteroatoms. The summed E-state index contributed by atoms with van der Waals surface area (Å²) in [5.74, 6) is 4.97. The van der Waals surface area contributed by atoms with E-state index in [1.165, 1.54) is 170 Å². The van der Waals surface area contributed by atoms with E-state index in [0.29, 0.717) is 5.75 Å². The lowest BCUT2D eigenvalue weighted by atomic mass is 9.90. The highest BCUT2D eigenvalue weighted by atomic mass is 16.5. The Bertz CT molecular complexity index is 867. The first-order chi connectivity index (χ1) is 23.1. The highest BCUT2D eigenvalue weighted by molar-refractivity contribution is 5.53. The van der Waals surface area contributed by atoms with Crippen LogP contribution in [0.1, 0.15) is 226 Å². The fourth-order valence-corrected chi connectivity index (χ4v) is 7.24. The van der Waals surface area contributed by atoms with Crippen molar-refractivity contribution in [3.8, 4) is 11.5 Å². The molecule has 0 aliphatic carbocycles. The second-order valence-corrected chi connectivity index (χ2v) is 17.2. The average Bonchev–Trinajstić information content (AvgIpc) is 3.02. The molecule has 2 nitrogen and oxygen atoms in total. The summed E-state index contributed by atoms with van der Waals surface area (Å²) >= 11 is 0. The number of unbranched alkanes of at least 4 members (excludes halogenated alkanes) is 16. The van der Waals surface area contributed by atoms with Gasteiger partial charge in [0.1, 0.15) is 11.5 Å². The van der Waals surface area contributed by atoms with Gasteiger partial charge in [-0.2, -0.15) is 0 Å².